The van der Waals surface area contributed by atoms with Crippen LogP contribution in [0.2, 0.25) is 0 Å². The topological polar surface area (TPSA) is 38.0 Å². The first-order valence-electron chi connectivity index (χ1n) is 16.5. The number of nitrogens with zero attached hydrogens (tertiary/aromatic N) is 4. The Balaban J connectivity index is 1.29. The molecule has 1 aliphatic rings. The fourth-order valence-electron chi connectivity index (χ4n) is 8.53. The van der Waals surface area contributed by atoms with Gasteiger partial charge in [0.15, 0.2) is 0 Å². The summed E-state index contributed by atoms with van der Waals surface area (Å²) in [6, 6.07) is 49.1. The number of benzene rings is 7. The highest BCUT2D eigenvalue weighted by Gasteiger charge is 2.36. The number of fused-ring (bicyclic) bond motifs is 11. The number of rotatable bonds is 2. The highest BCUT2D eigenvalue weighted by atomic mass is 15.0. The number of nitriles is 1. The van der Waals surface area contributed by atoms with Crippen LogP contribution in [0.4, 0.5) is 5.69 Å². The van der Waals surface area contributed by atoms with Gasteiger partial charge < -0.3 is 9.13 Å². The minimum atomic E-state index is -0.175. The Morgan fingerprint density at radius 1 is 0.571 bits per heavy atom. The van der Waals surface area contributed by atoms with E-state index in [1.165, 1.54) is 33.0 Å². The van der Waals surface area contributed by atoms with Crippen LogP contribution in [0, 0.1) is 17.9 Å². The first-order valence-corrected chi connectivity index (χ1v) is 16.5. The van der Waals surface area contributed by atoms with Crippen LogP contribution in [-0.4, -0.2) is 9.13 Å². The van der Waals surface area contributed by atoms with Gasteiger partial charge in [-0.15, -0.1) is 0 Å². The number of hydrogen-bond acceptors (Lipinski definition) is 1. The molecule has 228 valence electrons. The second-order valence-electron chi connectivity index (χ2n) is 13.6. The van der Waals surface area contributed by atoms with E-state index in [0.29, 0.717) is 22.6 Å². The third kappa shape index (κ3) is 3.55. The van der Waals surface area contributed by atoms with Crippen LogP contribution >= 0.6 is 0 Å². The van der Waals surface area contributed by atoms with E-state index < -0.39 is 0 Å². The molecule has 0 bridgehead atoms. The maximum atomic E-state index is 10.8. The Hall–Kier alpha value is -6.62. The van der Waals surface area contributed by atoms with Crippen LogP contribution in [0.5, 0.6) is 0 Å². The lowest BCUT2D eigenvalue weighted by atomic mass is 9.82. The molecule has 2 heterocycles. The van der Waals surface area contributed by atoms with Crippen molar-refractivity contribution >= 4 is 60.1 Å². The quantitative estimate of drug-likeness (QED) is 0.176. The van der Waals surface area contributed by atoms with Crippen molar-refractivity contribution in [3.05, 3.63) is 162 Å². The minimum absolute atomic E-state index is 0.175. The molecule has 0 amide bonds. The lowest BCUT2D eigenvalue weighted by Crippen LogP contribution is -2.15. The smallest absolute Gasteiger partial charge is 0.212 e. The van der Waals surface area contributed by atoms with Crippen molar-refractivity contribution in [1.82, 2.24) is 9.13 Å². The molecular formula is C45H28N4. The first kappa shape index (κ1) is 27.5. The standard InChI is InChI=1S/C45H28N4/c1-45(2)35-17-9-6-14-30(35)33-23-34-31-15-7-10-18-38(31)49(42(34)24-36(33)45)41-25-37(47-3)43(22-28(41)26-46)48-39-19-11-8-16-32(39)44-29-13-5-4-12-27(29)20-21-40(44)48/h4-25H,1-2H3. The average molecular weight is 625 g/mol. The van der Waals surface area contributed by atoms with E-state index in [1.807, 2.05) is 24.3 Å². The molecule has 7 aromatic carbocycles. The molecule has 0 aliphatic heterocycles. The molecule has 0 unspecified atom stereocenters. The van der Waals surface area contributed by atoms with Crippen LogP contribution in [0.1, 0.15) is 30.5 Å². The maximum Gasteiger partial charge on any atom is 0.212 e. The Labute approximate surface area is 283 Å². The van der Waals surface area contributed by atoms with Crippen molar-refractivity contribution in [2.75, 3.05) is 0 Å². The van der Waals surface area contributed by atoms with Gasteiger partial charge in [-0.3, -0.25) is 0 Å². The lowest BCUT2D eigenvalue weighted by molar-refractivity contribution is 0.661. The molecule has 0 fully saturated rings. The fourth-order valence-corrected chi connectivity index (χ4v) is 8.53. The lowest BCUT2D eigenvalue weighted by Gasteiger charge is -2.22. The fraction of sp³-hybridized carbons (Fsp3) is 0.0667. The van der Waals surface area contributed by atoms with Crippen LogP contribution in [-0.2, 0) is 5.41 Å². The Morgan fingerprint density at radius 2 is 1.24 bits per heavy atom. The van der Waals surface area contributed by atoms with Crippen molar-refractivity contribution in [2.24, 2.45) is 0 Å². The molecule has 0 spiro atoms. The molecule has 1 aliphatic carbocycles. The summed E-state index contributed by atoms with van der Waals surface area (Å²) in [7, 11) is 0. The summed E-state index contributed by atoms with van der Waals surface area (Å²) in [5.74, 6) is 0. The van der Waals surface area contributed by atoms with E-state index >= 15 is 0 Å². The Morgan fingerprint density at radius 3 is 2.04 bits per heavy atom. The summed E-state index contributed by atoms with van der Waals surface area (Å²) >= 11 is 0. The third-order valence-electron chi connectivity index (χ3n) is 10.8. The second-order valence-corrected chi connectivity index (χ2v) is 13.6. The second kappa shape index (κ2) is 9.71. The molecule has 0 saturated heterocycles. The van der Waals surface area contributed by atoms with Gasteiger partial charge in [0.25, 0.3) is 0 Å². The van der Waals surface area contributed by atoms with Gasteiger partial charge in [0.1, 0.15) is 6.07 Å². The molecule has 10 rings (SSSR count). The summed E-state index contributed by atoms with van der Waals surface area (Å²) < 4.78 is 4.36. The van der Waals surface area contributed by atoms with E-state index in [4.69, 9.17) is 6.57 Å². The monoisotopic (exact) mass is 624 g/mol. The first-order chi connectivity index (χ1) is 24.0. The number of hydrogen-bond donors (Lipinski definition) is 0. The molecule has 0 N–H and O–H groups in total. The Bertz CT molecular complexity index is 2990. The van der Waals surface area contributed by atoms with Gasteiger partial charge in [0, 0.05) is 27.0 Å². The highest BCUT2D eigenvalue weighted by molar-refractivity contribution is 6.21. The highest BCUT2D eigenvalue weighted by Crippen LogP contribution is 2.51. The predicted octanol–water partition coefficient (Wildman–Crippen LogP) is 11.8. The largest absolute Gasteiger partial charge is 0.319 e. The van der Waals surface area contributed by atoms with Crippen molar-refractivity contribution in [1.29, 1.82) is 5.26 Å². The molecule has 49 heavy (non-hydrogen) atoms. The molecule has 0 atom stereocenters. The van der Waals surface area contributed by atoms with Crippen molar-refractivity contribution in [3.63, 3.8) is 0 Å². The predicted molar refractivity (Wildman–Crippen MR) is 201 cm³/mol. The van der Waals surface area contributed by atoms with Crippen LogP contribution in [0.3, 0.4) is 0 Å². The summed E-state index contributed by atoms with van der Waals surface area (Å²) in [5.41, 5.74) is 11.4. The third-order valence-corrected chi connectivity index (χ3v) is 10.8. The van der Waals surface area contributed by atoms with E-state index in [0.717, 1.165) is 43.6 Å². The SMILES string of the molecule is [C-]#[N+]c1cc(-n2c3ccccc3c3cc4c(cc32)C(C)(C)c2ccccc2-4)c(C#N)cc1-n1c2ccccc2c2c3ccccc3ccc21. The number of aromatic nitrogens is 2. The van der Waals surface area contributed by atoms with Crippen LogP contribution < -0.4 is 0 Å². The van der Waals surface area contributed by atoms with Gasteiger partial charge in [-0.1, -0.05) is 105 Å². The average Bonchev–Trinajstić information content (AvgIpc) is 3.73. The number of para-hydroxylation sites is 2. The summed E-state index contributed by atoms with van der Waals surface area (Å²) in [6.45, 7) is 13.0. The molecule has 0 radical (unpaired) electrons. The van der Waals surface area contributed by atoms with Crippen LogP contribution in [0.15, 0.2) is 133 Å². The van der Waals surface area contributed by atoms with Gasteiger partial charge in [0.05, 0.1) is 45.6 Å². The maximum absolute atomic E-state index is 10.8. The zero-order valence-electron chi connectivity index (χ0n) is 27.0. The Kier molecular flexibility index (Phi) is 5.44. The van der Waals surface area contributed by atoms with Gasteiger partial charge in [-0.2, -0.15) is 5.26 Å². The molecule has 4 nitrogen and oxygen atoms in total. The van der Waals surface area contributed by atoms with E-state index in [9.17, 15) is 5.26 Å². The summed E-state index contributed by atoms with van der Waals surface area (Å²) in [6.07, 6.45) is 0. The van der Waals surface area contributed by atoms with E-state index in [-0.39, 0.29) is 5.41 Å². The van der Waals surface area contributed by atoms with Gasteiger partial charge in [-0.05, 0) is 75.5 Å². The van der Waals surface area contributed by atoms with E-state index in [1.54, 1.807) is 0 Å². The zero-order valence-corrected chi connectivity index (χ0v) is 27.0. The van der Waals surface area contributed by atoms with Gasteiger partial charge in [0.2, 0.25) is 5.69 Å². The van der Waals surface area contributed by atoms with Gasteiger partial charge >= 0.3 is 0 Å². The molecule has 9 aromatic rings. The van der Waals surface area contributed by atoms with Crippen molar-refractivity contribution < 1.29 is 0 Å². The summed E-state index contributed by atoms with van der Waals surface area (Å²) in [4.78, 5) is 4.12. The normalized spacial score (nSPS) is 13.2. The molecule has 2 aromatic heterocycles. The van der Waals surface area contributed by atoms with E-state index in [2.05, 4.69) is 143 Å². The molecule has 0 saturated carbocycles. The van der Waals surface area contributed by atoms with Crippen molar-refractivity contribution in [3.8, 4) is 28.6 Å². The molecular weight excluding hydrogens is 597 g/mol. The zero-order chi connectivity index (χ0) is 33.0. The van der Waals surface area contributed by atoms with Crippen LogP contribution in [0.25, 0.3) is 81.7 Å². The molecule has 4 heteroatoms. The van der Waals surface area contributed by atoms with Gasteiger partial charge in [-0.25, -0.2) is 4.85 Å². The minimum Gasteiger partial charge on any atom is -0.319 e. The summed E-state index contributed by atoms with van der Waals surface area (Å²) in [5, 5.41) is 17.7. The van der Waals surface area contributed by atoms with Crippen molar-refractivity contribution in [2.45, 2.75) is 19.3 Å².